The van der Waals surface area contributed by atoms with Crippen LogP contribution in [0.5, 0.6) is 0 Å². The first-order chi connectivity index (χ1) is 5.19. The monoisotopic (exact) mass is 216 g/mol. The van der Waals surface area contributed by atoms with E-state index in [4.69, 9.17) is 12.6 Å². The van der Waals surface area contributed by atoms with Crippen molar-refractivity contribution in [3.8, 4) is 0 Å². The Labute approximate surface area is 75.8 Å². The van der Waals surface area contributed by atoms with Gasteiger partial charge in [-0.05, 0) is 0 Å². The summed E-state index contributed by atoms with van der Waals surface area (Å²) in [6.07, 6.45) is 1.14. The van der Waals surface area contributed by atoms with Crippen molar-refractivity contribution < 1.29 is 4.74 Å². The van der Waals surface area contributed by atoms with E-state index in [0.29, 0.717) is 10.7 Å². The topological polar surface area (TPSA) is 9.23 Å². The summed E-state index contributed by atoms with van der Waals surface area (Å²) >= 11 is 0.743. The van der Waals surface area contributed by atoms with E-state index in [1.54, 1.807) is 0 Å². The number of rotatable bonds is 1. The molecule has 2 aliphatic heterocycles. The molecule has 2 saturated heterocycles. The van der Waals surface area contributed by atoms with Gasteiger partial charge in [0, 0.05) is 0 Å². The van der Waals surface area contributed by atoms with Crippen molar-refractivity contribution in [2.45, 2.75) is 42.0 Å². The minimum atomic E-state index is 0.0544. The number of ether oxygens (including phenoxy) is 1. The summed E-state index contributed by atoms with van der Waals surface area (Å²) in [5.41, 5.74) is 0.185. The molecule has 3 heteroatoms. The molecule has 11 heavy (non-hydrogen) atoms. The molecule has 1 unspecified atom stereocenters. The zero-order valence-corrected chi connectivity index (χ0v) is 8.75. The van der Waals surface area contributed by atoms with Crippen LogP contribution >= 0.6 is 0 Å². The van der Waals surface area contributed by atoms with E-state index < -0.39 is 0 Å². The van der Waals surface area contributed by atoms with Crippen LogP contribution in [0, 0.1) is 5.92 Å². The zero-order chi connectivity index (χ0) is 8.06. The number of hydrogen-bond donors (Lipinski definition) is 0. The first-order valence-corrected chi connectivity index (χ1v) is 6.44. The van der Waals surface area contributed by atoms with E-state index in [1.807, 2.05) is 0 Å². The zero-order valence-electron chi connectivity index (χ0n) is 7.04. The van der Waals surface area contributed by atoms with Gasteiger partial charge in [0.2, 0.25) is 0 Å². The van der Waals surface area contributed by atoms with E-state index in [0.717, 1.165) is 21.4 Å². The maximum absolute atomic E-state index is 5.86. The second kappa shape index (κ2) is 2.51. The van der Waals surface area contributed by atoms with Gasteiger partial charge in [0.25, 0.3) is 0 Å². The molecule has 2 fully saturated rings. The molecule has 2 rings (SSSR count). The summed E-state index contributed by atoms with van der Waals surface area (Å²) in [4.78, 5) is 0.697. The molecule has 0 spiro atoms. The summed E-state index contributed by atoms with van der Waals surface area (Å²) in [5, 5.41) is 1.29. The third-order valence-electron chi connectivity index (χ3n) is 3.14. The fraction of sp³-hybridized carbons (Fsp3) is 1.00. The van der Waals surface area contributed by atoms with Crippen LogP contribution in [0.1, 0.15) is 20.3 Å². The van der Waals surface area contributed by atoms with E-state index in [1.165, 1.54) is 5.32 Å². The van der Waals surface area contributed by atoms with Crippen molar-refractivity contribution in [3.05, 3.63) is 0 Å². The fourth-order valence-electron chi connectivity index (χ4n) is 2.18. The van der Waals surface area contributed by atoms with E-state index >= 15 is 0 Å². The van der Waals surface area contributed by atoms with Gasteiger partial charge < -0.3 is 0 Å². The van der Waals surface area contributed by atoms with Crippen molar-refractivity contribution in [2.75, 3.05) is 0 Å². The Morgan fingerprint density at radius 3 is 2.73 bits per heavy atom. The average Bonchev–Trinajstić information content (AvgIpc) is 2.42. The van der Waals surface area contributed by atoms with E-state index in [-0.39, 0.29) is 11.6 Å². The summed E-state index contributed by atoms with van der Waals surface area (Å²) in [5.74, 6) is 0.711. The summed E-state index contributed by atoms with van der Waals surface area (Å²) < 4.78 is 5.80. The molecule has 0 saturated carbocycles. The average molecular weight is 215 g/mol. The standard InChI is InChI=1S/C8H13BOSe/c1-3-8-4-11-6(5(8)2)7(9)10-8/h5-7H,3-4H2,1-2H3/t5?,6-,7+,8-/m0/s1. The van der Waals surface area contributed by atoms with Gasteiger partial charge >= 0.3 is 75.5 Å². The van der Waals surface area contributed by atoms with Gasteiger partial charge in [-0.3, -0.25) is 0 Å². The Morgan fingerprint density at radius 2 is 2.45 bits per heavy atom. The fourth-order valence-corrected chi connectivity index (χ4v) is 5.94. The molecule has 0 N–H and O–H groups in total. The van der Waals surface area contributed by atoms with Crippen molar-refractivity contribution in [1.82, 2.24) is 0 Å². The third-order valence-corrected chi connectivity index (χ3v) is 6.74. The van der Waals surface area contributed by atoms with Crippen LogP contribution in [0.3, 0.4) is 0 Å². The third kappa shape index (κ3) is 0.945. The van der Waals surface area contributed by atoms with Crippen LogP contribution in [-0.2, 0) is 4.74 Å². The predicted molar refractivity (Wildman–Crippen MR) is 47.1 cm³/mol. The quantitative estimate of drug-likeness (QED) is 0.597. The van der Waals surface area contributed by atoms with Crippen molar-refractivity contribution in [1.29, 1.82) is 0 Å². The Kier molecular flexibility index (Phi) is 1.86. The van der Waals surface area contributed by atoms with E-state index in [9.17, 15) is 0 Å². The second-order valence-corrected chi connectivity index (χ2v) is 6.01. The summed E-state index contributed by atoms with van der Waals surface area (Å²) in [7, 11) is 5.86. The molecule has 0 aromatic heterocycles. The van der Waals surface area contributed by atoms with Crippen molar-refractivity contribution in [3.63, 3.8) is 0 Å². The molecule has 2 aliphatic rings. The van der Waals surface area contributed by atoms with Crippen LogP contribution in [0.15, 0.2) is 0 Å². The van der Waals surface area contributed by atoms with Gasteiger partial charge in [-0.25, -0.2) is 0 Å². The molecule has 4 atom stereocenters. The van der Waals surface area contributed by atoms with Gasteiger partial charge in [-0.2, -0.15) is 0 Å². The number of hydrogen-bond acceptors (Lipinski definition) is 1. The summed E-state index contributed by atoms with van der Waals surface area (Å²) in [6, 6.07) is 0.0544. The molecule has 0 amide bonds. The second-order valence-electron chi connectivity index (χ2n) is 3.57. The molecule has 0 aromatic rings. The van der Waals surface area contributed by atoms with Crippen LogP contribution in [-0.4, -0.2) is 34.4 Å². The Bertz CT molecular complexity index is 175. The molecule has 2 radical (unpaired) electrons. The van der Waals surface area contributed by atoms with E-state index in [2.05, 4.69) is 13.8 Å². The van der Waals surface area contributed by atoms with Crippen LogP contribution < -0.4 is 0 Å². The van der Waals surface area contributed by atoms with Crippen LogP contribution in [0.2, 0.25) is 10.1 Å². The van der Waals surface area contributed by atoms with Gasteiger partial charge in [-0.15, -0.1) is 0 Å². The molecule has 0 aliphatic carbocycles. The van der Waals surface area contributed by atoms with Gasteiger partial charge in [0.05, 0.1) is 0 Å². The van der Waals surface area contributed by atoms with Crippen molar-refractivity contribution in [2.24, 2.45) is 5.92 Å². The Hall–Kier alpha value is 0.544. The molecule has 2 heterocycles. The normalized spacial score (nSPS) is 55.3. The first-order valence-electron chi connectivity index (χ1n) is 4.24. The van der Waals surface area contributed by atoms with Gasteiger partial charge in [-0.1, -0.05) is 0 Å². The molecular weight excluding hydrogens is 202 g/mol. The Morgan fingerprint density at radius 1 is 1.73 bits per heavy atom. The minimum absolute atomic E-state index is 0.0544. The first kappa shape index (κ1) is 8.16. The van der Waals surface area contributed by atoms with Gasteiger partial charge in [0.15, 0.2) is 0 Å². The molecular formula is C8H13BOSe. The summed E-state index contributed by atoms with van der Waals surface area (Å²) in [6.45, 7) is 4.52. The SMILES string of the molecule is [B][C@@H]1O[C@@]2(CC)C[Se][C@H]1C2C. The van der Waals surface area contributed by atoms with Crippen molar-refractivity contribution >= 4 is 22.8 Å². The predicted octanol–water partition coefficient (Wildman–Crippen LogP) is 1.22. The number of fused-ring (bicyclic) bond motifs is 2. The molecule has 0 aromatic carbocycles. The van der Waals surface area contributed by atoms with Gasteiger partial charge in [0.1, 0.15) is 0 Å². The van der Waals surface area contributed by atoms with Crippen LogP contribution in [0.25, 0.3) is 0 Å². The molecule has 1 nitrogen and oxygen atoms in total. The van der Waals surface area contributed by atoms with Crippen LogP contribution in [0.4, 0.5) is 0 Å². The molecule has 2 bridgehead atoms. The Balaban J connectivity index is 2.24. The molecule has 60 valence electrons. The maximum atomic E-state index is 5.86.